The lowest BCUT2D eigenvalue weighted by Gasteiger charge is -2.24. The van der Waals surface area contributed by atoms with Crippen LogP contribution < -0.4 is 0 Å². The normalized spacial score (nSPS) is 16.2. The van der Waals surface area contributed by atoms with Gasteiger partial charge in [-0.3, -0.25) is 4.90 Å². The third kappa shape index (κ3) is 3.44. The minimum absolute atomic E-state index is 0.138. The van der Waals surface area contributed by atoms with Crippen LogP contribution in [-0.4, -0.2) is 45.3 Å². The van der Waals surface area contributed by atoms with Gasteiger partial charge in [-0.25, -0.2) is 14.8 Å². The highest BCUT2D eigenvalue weighted by Crippen LogP contribution is 2.29. The molecule has 1 aliphatic heterocycles. The first kappa shape index (κ1) is 16.9. The van der Waals surface area contributed by atoms with Crippen LogP contribution in [0.15, 0.2) is 35.6 Å². The van der Waals surface area contributed by atoms with Crippen LogP contribution in [0.2, 0.25) is 0 Å². The van der Waals surface area contributed by atoms with Crippen molar-refractivity contribution in [3.63, 3.8) is 0 Å². The van der Waals surface area contributed by atoms with E-state index in [2.05, 4.69) is 33.9 Å². The molecule has 0 spiro atoms. The number of carbonyl (C=O) groups is 1. The summed E-state index contributed by atoms with van der Waals surface area (Å²) in [4.78, 5) is 22.5. The topological polar surface area (TPSA) is 66.3 Å². The first-order chi connectivity index (χ1) is 11.6. The van der Waals surface area contributed by atoms with E-state index in [-0.39, 0.29) is 5.56 Å². The number of aromatic carboxylic acids is 1. The minimum atomic E-state index is -1.00. The number of aromatic nitrogens is 2. The molecule has 126 valence electrons. The van der Waals surface area contributed by atoms with Crippen molar-refractivity contribution in [2.24, 2.45) is 0 Å². The van der Waals surface area contributed by atoms with E-state index in [1.807, 2.05) is 18.4 Å². The van der Waals surface area contributed by atoms with Crippen LogP contribution in [0.5, 0.6) is 0 Å². The minimum Gasteiger partial charge on any atom is -0.478 e. The van der Waals surface area contributed by atoms with Crippen LogP contribution >= 0.6 is 11.8 Å². The first-order valence-electron chi connectivity index (χ1n) is 8.09. The predicted molar refractivity (Wildman–Crippen MR) is 95.4 cm³/mol. The summed E-state index contributed by atoms with van der Waals surface area (Å²) in [6.07, 6.45) is 5.77. The maximum atomic E-state index is 11.5. The second-order valence-electron chi connectivity index (χ2n) is 5.97. The smallest absolute Gasteiger partial charge is 0.339 e. The summed E-state index contributed by atoms with van der Waals surface area (Å²) in [5.74, 6) is -1.00. The fourth-order valence-corrected chi connectivity index (χ4v) is 3.47. The highest BCUT2D eigenvalue weighted by molar-refractivity contribution is 7.98. The van der Waals surface area contributed by atoms with Gasteiger partial charge in [0.05, 0.1) is 5.69 Å². The molecule has 1 aromatic carbocycles. The lowest BCUT2D eigenvalue weighted by atomic mass is 10.0. The second-order valence-corrected chi connectivity index (χ2v) is 6.74. The number of rotatable bonds is 5. The highest BCUT2D eigenvalue weighted by Gasteiger charge is 2.21. The monoisotopic (exact) mass is 343 g/mol. The molecular formula is C18H21N3O2S. The lowest BCUT2D eigenvalue weighted by molar-refractivity contribution is 0.0696. The fourth-order valence-electron chi connectivity index (χ4n) is 3.13. The maximum Gasteiger partial charge on any atom is 0.339 e. The predicted octanol–water partition coefficient (Wildman–Crippen LogP) is 3.72. The third-order valence-electron chi connectivity index (χ3n) is 4.51. The van der Waals surface area contributed by atoms with E-state index in [4.69, 9.17) is 0 Å². The van der Waals surface area contributed by atoms with E-state index in [0.717, 1.165) is 18.7 Å². The van der Waals surface area contributed by atoms with Crippen molar-refractivity contribution >= 4 is 17.7 Å². The molecule has 3 rings (SSSR count). The molecule has 24 heavy (non-hydrogen) atoms. The number of hydrogen-bond acceptors (Lipinski definition) is 5. The van der Waals surface area contributed by atoms with Gasteiger partial charge in [0.2, 0.25) is 0 Å². The Morgan fingerprint density at radius 3 is 2.75 bits per heavy atom. The number of benzene rings is 1. The Kier molecular flexibility index (Phi) is 5.16. The maximum absolute atomic E-state index is 11.5. The molecule has 5 nitrogen and oxygen atoms in total. The first-order valence-corrected chi connectivity index (χ1v) is 9.31. The van der Waals surface area contributed by atoms with E-state index >= 15 is 0 Å². The van der Waals surface area contributed by atoms with Gasteiger partial charge < -0.3 is 5.11 Å². The standard InChI is InChI=1S/C18H21N3O2S/c1-12(21-8-3-4-9-21)13-6-5-7-14(10-13)16-15(17(22)23)11-19-18(20-16)24-2/h5-7,10-12H,3-4,8-9H2,1-2H3,(H,22,23)/t12-/m1/s1. The van der Waals surface area contributed by atoms with Gasteiger partial charge in [0.1, 0.15) is 5.56 Å². The molecule has 0 aliphatic carbocycles. The van der Waals surface area contributed by atoms with E-state index < -0.39 is 5.97 Å². The molecule has 0 amide bonds. The molecule has 1 N–H and O–H groups in total. The summed E-state index contributed by atoms with van der Waals surface area (Å²) < 4.78 is 0. The largest absolute Gasteiger partial charge is 0.478 e. The molecule has 1 aromatic heterocycles. The number of carboxylic acids is 1. The van der Waals surface area contributed by atoms with Gasteiger partial charge in [0.25, 0.3) is 0 Å². The molecule has 2 heterocycles. The molecule has 0 unspecified atom stereocenters. The molecule has 1 atom stereocenters. The molecule has 0 bridgehead atoms. The van der Waals surface area contributed by atoms with Crippen molar-refractivity contribution < 1.29 is 9.90 Å². The molecule has 0 saturated carbocycles. The number of nitrogens with zero attached hydrogens (tertiary/aromatic N) is 3. The highest BCUT2D eigenvalue weighted by atomic mass is 32.2. The van der Waals surface area contributed by atoms with Crippen LogP contribution in [0.4, 0.5) is 0 Å². The summed E-state index contributed by atoms with van der Waals surface area (Å²) in [6, 6.07) is 8.37. The van der Waals surface area contributed by atoms with E-state index in [1.54, 1.807) is 0 Å². The molecule has 6 heteroatoms. The zero-order valence-corrected chi connectivity index (χ0v) is 14.7. The van der Waals surface area contributed by atoms with Gasteiger partial charge in [-0.05, 0) is 50.7 Å². The van der Waals surface area contributed by atoms with Crippen molar-refractivity contribution in [2.75, 3.05) is 19.3 Å². The Balaban J connectivity index is 2.00. The molecule has 2 aromatic rings. The average molecular weight is 343 g/mol. The Labute approximate surface area is 146 Å². The van der Waals surface area contributed by atoms with Crippen LogP contribution in [0.1, 0.15) is 41.7 Å². The van der Waals surface area contributed by atoms with Gasteiger partial charge in [-0.1, -0.05) is 30.0 Å². The van der Waals surface area contributed by atoms with E-state index in [9.17, 15) is 9.90 Å². The van der Waals surface area contributed by atoms with Crippen LogP contribution in [0.3, 0.4) is 0 Å². The fraction of sp³-hybridized carbons (Fsp3) is 0.389. The third-order valence-corrected chi connectivity index (χ3v) is 5.07. The lowest BCUT2D eigenvalue weighted by Crippen LogP contribution is -2.23. The van der Waals surface area contributed by atoms with Crippen molar-refractivity contribution in [1.82, 2.24) is 14.9 Å². The Hall–Kier alpha value is -1.92. The zero-order valence-electron chi connectivity index (χ0n) is 13.9. The van der Waals surface area contributed by atoms with Crippen LogP contribution in [0.25, 0.3) is 11.3 Å². The average Bonchev–Trinajstić information content (AvgIpc) is 3.15. The SMILES string of the molecule is CSc1ncc(C(=O)O)c(-c2cccc([C@@H](C)N3CCCC3)c2)n1. The summed E-state index contributed by atoms with van der Waals surface area (Å²) in [6.45, 7) is 4.45. The second kappa shape index (κ2) is 7.32. The molecule has 1 aliphatic rings. The van der Waals surface area contributed by atoms with Crippen molar-refractivity contribution in [2.45, 2.75) is 31.0 Å². The van der Waals surface area contributed by atoms with Crippen LogP contribution in [-0.2, 0) is 0 Å². The van der Waals surface area contributed by atoms with Gasteiger partial charge in [-0.2, -0.15) is 0 Å². The molecular weight excluding hydrogens is 322 g/mol. The Bertz CT molecular complexity index is 745. The number of carboxylic acid groups (broad SMARTS) is 1. The van der Waals surface area contributed by atoms with Crippen molar-refractivity contribution in [1.29, 1.82) is 0 Å². The number of thioether (sulfide) groups is 1. The summed E-state index contributed by atoms with van der Waals surface area (Å²) in [5.41, 5.74) is 2.64. The van der Waals surface area contributed by atoms with E-state index in [0.29, 0.717) is 16.9 Å². The molecule has 0 radical (unpaired) electrons. The zero-order chi connectivity index (χ0) is 17.1. The van der Waals surface area contributed by atoms with Gasteiger partial charge in [0, 0.05) is 17.8 Å². The van der Waals surface area contributed by atoms with Gasteiger partial charge in [0.15, 0.2) is 5.16 Å². The number of likely N-dealkylation sites (tertiary alicyclic amines) is 1. The van der Waals surface area contributed by atoms with Crippen molar-refractivity contribution in [3.05, 3.63) is 41.6 Å². The molecule has 1 fully saturated rings. The molecule has 1 saturated heterocycles. The Morgan fingerprint density at radius 1 is 1.33 bits per heavy atom. The number of hydrogen-bond donors (Lipinski definition) is 1. The summed E-state index contributed by atoms with van der Waals surface area (Å²) >= 11 is 1.41. The van der Waals surface area contributed by atoms with Gasteiger partial charge >= 0.3 is 5.97 Å². The summed E-state index contributed by atoms with van der Waals surface area (Å²) in [5, 5.41) is 10.0. The summed E-state index contributed by atoms with van der Waals surface area (Å²) in [7, 11) is 0. The van der Waals surface area contributed by atoms with E-state index in [1.165, 1.54) is 36.4 Å². The quantitative estimate of drug-likeness (QED) is 0.659. The van der Waals surface area contributed by atoms with Gasteiger partial charge in [-0.15, -0.1) is 0 Å². The van der Waals surface area contributed by atoms with Crippen LogP contribution in [0, 0.1) is 0 Å². The Morgan fingerprint density at radius 2 is 2.08 bits per heavy atom. The van der Waals surface area contributed by atoms with Crippen molar-refractivity contribution in [3.8, 4) is 11.3 Å².